The molecule has 1 heterocycles. The Morgan fingerprint density at radius 3 is 2.60 bits per heavy atom. The molecule has 132 valence electrons. The molecule has 1 amide bonds. The van der Waals surface area contributed by atoms with Crippen molar-refractivity contribution in [3.05, 3.63) is 47.7 Å². The fraction of sp³-hybridized carbons (Fsp3) is 0.235. The molecule has 2 rings (SSSR count). The van der Waals surface area contributed by atoms with Gasteiger partial charge in [0.15, 0.2) is 21.1 Å². The molecule has 0 unspecified atom stereocenters. The van der Waals surface area contributed by atoms with Crippen LogP contribution in [-0.2, 0) is 21.2 Å². The lowest BCUT2D eigenvalue weighted by atomic mass is 10.1. The summed E-state index contributed by atoms with van der Waals surface area (Å²) < 4.78 is 24.0. The van der Waals surface area contributed by atoms with Crippen LogP contribution < -0.4 is 10.6 Å². The molecule has 2 aromatic rings. The first-order valence-electron chi connectivity index (χ1n) is 7.57. The fourth-order valence-electron chi connectivity index (χ4n) is 2.38. The quantitative estimate of drug-likeness (QED) is 0.621. The van der Waals surface area contributed by atoms with Gasteiger partial charge in [0.05, 0.1) is 12.2 Å². The maximum Gasteiger partial charge on any atom is 0.227 e. The summed E-state index contributed by atoms with van der Waals surface area (Å²) in [7, 11) is -3.61. The molecular weight excluding hydrogens is 342 g/mol. The summed E-state index contributed by atoms with van der Waals surface area (Å²) in [5.41, 5.74) is 7.36. The molecule has 0 saturated heterocycles. The number of amides is 1. The Morgan fingerprint density at radius 2 is 2.04 bits per heavy atom. The van der Waals surface area contributed by atoms with Crippen molar-refractivity contribution in [2.75, 3.05) is 16.9 Å². The zero-order chi connectivity index (χ0) is 18.6. The Morgan fingerprint density at radius 1 is 1.32 bits per heavy atom. The van der Waals surface area contributed by atoms with Crippen molar-refractivity contribution in [1.29, 1.82) is 0 Å². The molecule has 0 bridgehead atoms. The van der Waals surface area contributed by atoms with E-state index in [9.17, 15) is 18.0 Å². The number of carbonyl (C=O) groups is 2. The zero-order valence-corrected chi connectivity index (χ0v) is 14.8. The molecule has 0 spiro atoms. The molecule has 0 saturated carbocycles. The lowest BCUT2D eigenvalue weighted by molar-refractivity contribution is -0.118. The number of pyridine rings is 1. The number of nitrogen functional groups attached to an aromatic ring is 1. The molecule has 0 aliphatic heterocycles. The second-order valence-electron chi connectivity index (χ2n) is 5.51. The highest BCUT2D eigenvalue weighted by Crippen LogP contribution is 2.26. The van der Waals surface area contributed by atoms with Crippen molar-refractivity contribution in [3.8, 4) is 0 Å². The van der Waals surface area contributed by atoms with Gasteiger partial charge in [0.1, 0.15) is 0 Å². The van der Waals surface area contributed by atoms with Gasteiger partial charge >= 0.3 is 0 Å². The normalized spacial score (nSPS) is 11.1. The highest BCUT2D eigenvalue weighted by molar-refractivity contribution is 7.90. The van der Waals surface area contributed by atoms with Gasteiger partial charge in [0.25, 0.3) is 0 Å². The number of benzene rings is 1. The van der Waals surface area contributed by atoms with Crippen LogP contribution in [0, 0.1) is 0 Å². The minimum Gasteiger partial charge on any atom is -0.398 e. The predicted octanol–water partition coefficient (Wildman–Crippen LogP) is 1.82. The smallest absolute Gasteiger partial charge is 0.227 e. The summed E-state index contributed by atoms with van der Waals surface area (Å²) in [6, 6.07) is 7.94. The summed E-state index contributed by atoms with van der Waals surface area (Å²) in [6.07, 6.45) is 3.26. The van der Waals surface area contributed by atoms with Gasteiger partial charge in [0.2, 0.25) is 5.91 Å². The van der Waals surface area contributed by atoms with Gasteiger partial charge in [-0.05, 0) is 29.8 Å². The number of aldehydes is 1. The summed E-state index contributed by atoms with van der Waals surface area (Å²) in [6.45, 7) is 1.81. The van der Waals surface area contributed by atoms with E-state index in [0.29, 0.717) is 23.1 Å². The van der Waals surface area contributed by atoms with Crippen LogP contribution in [-0.4, -0.2) is 31.9 Å². The van der Waals surface area contributed by atoms with Gasteiger partial charge in [-0.2, -0.15) is 0 Å². The average molecular weight is 361 g/mol. The first-order chi connectivity index (χ1) is 11.8. The van der Waals surface area contributed by atoms with E-state index in [2.05, 4.69) is 4.98 Å². The van der Waals surface area contributed by atoms with Crippen molar-refractivity contribution in [2.24, 2.45) is 0 Å². The molecule has 25 heavy (non-hydrogen) atoms. The Kier molecular flexibility index (Phi) is 5.53. The molecule has 0 fully saturated rings. The van der Waals surface area contributed by atoms with Crippen molar-refractivity contribution in [3.63, 3.8) is 0 Å². The number of sulfone groups is 1. The molecule has 8 heteroatoms. The average Bonchev–Trinajstić information content (AvgIpc) is 2.58. The summed E-state index contributed by atoms with van der Waals surface area (Å²) in [5, 5.41) is -0.158. The SMILES string of the molecule is CCC(=O)N(Cc1ccc(C=O)c(N)c1)c1cccnc1S(C)(=O)=O. The number of aromatic nitrogens is 1. The van der Waals surface area contributed by atoms with E-state index >= 15 is 0 Å². The third-order valence-electron chi connectivity index (χ3n) is 3.62. The number of hydrogen-bond acceptors (Lipinski definition) is 6. The predicted molar refractivity (Wildman–Crippen MR) is 95.1 cm³/mol. The van der Waals surface area contributed by atoms with E-state index in [1.165, 1.54) is 11.1 Å². The van der Waals surface area contributed by atoms with Crippen LogP contribution in [0.1, 0.15) is 29.3 Å². The van der Waals surface area contributed by atoms with Crippen molar-refractivity contribution >= 4 is 33.4 Å². The van der Waals surface area contributed by atoms with E-state index in [-0.39, 0.29) is 29.6 Å². The topological polar surface area (TPSA) is 110 Å². The maximum absolute atomic E-state index is 12.4. The molecule has 1 aromatic carbocycles. The Hall–Kier alpha value is -2.74. The van der Waals surface area contributed by atoms with Crippen molar-refractivity contribution in [2.45, 2.75) is 24.9 Å². The summed E-state index contributed by atoms with van der Waals surface area (Å²) in [5.74, 6) is -0.254. The number of nitrogens with zero attached hydrogens (tertiary/aromatic N) is 2. The minimum absolute atomic E-state index is 0.115. The van der Waals surface area contributed by atoms with Gasteiger partial charge in [-0.1, -0.05) is 13.0 Å². The van der Waals surface area contributed by atoms with Crippen LogP contribution >= 0.6 is 0 Å². The minimum atomic E-state index is -3.61. The van der Waals surface area contributed by atoms with Gasteiger partial charge in [-0.15, -0.1) is 0 Å². The van der Waals surface area contributed by atoms with Gasteiger partial charge < -0.3 is 10.6 Å². The van der Waals surface area contributed by atoms with Crippen molar-refractivity contribution < 1.29 is 18.0 Å². The van der Waals surface area contributed by atoms with Crippen LogP contribution in [0.4, 0.5) is 11.4 Å². The summed E-state index contributed by atoms with van der Waals surface area (Å²) in [4.78, 5) is 28.6. The fourth-order valence-corrected chi connectivity index (χ4v) is 3.19. The van der Waals surface area contributed by atoms with Gasteiger partial charge in [-0.3, -0.25) is 9.59 Å². The molecule has 0 aliphatic rings. The molecule has 0 atom stereocenters. The number of carbonyl (C=O) groups excluding carboxylic acids is 2. The molecule has 7 nitrogen and oxygen atoms in total. The molecule has 0 radical (unpaired) electrons. The largest absolute Gasteiger partial charge is 0.398 e. The number of nitrogens with two attached hydrogens (primary N) is 1. The Balaban J connectivity index is 2.50. The third kappa shape index (κ3) is 4.21. The summed E-state index contributed by atoms with van der Waals surface area (Å²) >= 11 is 0. The first-order valence-corrected chi connectivity index (χ1v) is 9.46. The molecule has 2 N–H and O–H groups in total. The van der Waals surface area contributed by atoms with Gasteiger partial charge in [-0.25, -0.2) is 13.4 Å². The lowest BCUT2D eigenvalue weighted by Crippen LogP contribution is -2.31. The number of anilines is 2. The van der Waals surface area contributed by atoms with Crippen LogP contribution in [0.2, 0.25) is 0 Å². The van der Waals surface area contributed by atoms with E-state index < -0.39 is 9.84 Å². The lowest BCUT2D eigenvalue weighted by Gasteiger charge is -2.24. The number of rotatable bonds is 6. The highest BCUT2D eigenvalue weighted by Gasteiger charge is 2.23. The van der Waals surface area contributed by atoms with Crippen LogP contribution in [0.15, 0.2) is 41.6 Å². The zero-order valence-electron chi connectivity index (χ0n) is 14.0. The van der Waals surface area contributed by atoms with Crippen LogP contribution in [0.3, 0.4) is 0 Å². The number of hydrogen-bond donors (Lipinski definition) is 1. The molecule has 1 aromatic heterocycles. The maximum atomic E-state index is 12.4. The monoisotopic (exact) mass is 361 g/mol. The second-order valence-corrected chi connectivity index (χ2v) is 7.45. The van der Waals surface area contributed by atoms with E-state index in [1.54, 1.807) is 37.3 Å². The third-order valence-corrected chi connectivity index (χ3v) is 4.63. The van der Waals surface area contributed by atoms with E-state index in [4.69, 9.17) is 5.73 Å². The first kappa shape index (κ1) is 18.6. The Bertz CT molecular complexity index is 910. The molecular formula is C17H19N3O4S. The van der Waals surface area contributed by atoms with Crippen LogP contribution in [0.5, 0.6) is 0 Å². The van der Waals surface area contributed by atoms with Crippen molar-refractivity contribution in [1.82, 2.24) is 4.98 Å². The highest BCUT2D eigenvalue weighted by atomic mass is 32.2. The Labute approximate surface area is 146 Å². The van der Waals surface area contributed by atoms with E-state index in [0.717, 1.165) is 6.26 Å². The van der Waals surface area contributed by atoms with Crippen LogP contribution in [0.25, 0.3) is 0 Å². The standard InChI is InChI=1S/C17H19N3O4S/c1-3-16(22)20(10-12-6-7-13(11-21)14(18)9-12)15-5-4-8-19-17(15)25(2,23)24/h4-9,11H,3,10,18H2,1-2H3. The van der Waals surface area contributed by atoms with Gasteiger partial charge in [0, 0.05) is 30.1 Å². The molecule has 0 aliphatic carbocycles. The van der Waals surface area contributed by atoms with E-state index in [1.807, 2.05) is 0 Å². The second kappa shape index (κ2) is 7.43.